The SMILES string of the molecule is NC1CCCC(C(=O)c2ccsc2)C1. The molecule has 0 amide bonds. The second-order valence-electron chi connectivity index (χ2n) is 4.00. The largest absolute Gasteiger partial charge is 0.328 e. The first-order valence-corrected chi connectivity index (χ1v) is 6.03. The van der Waals surface area contributed by atoms with Crippen LogP contribution in [-0.2, 0) is 0 Å². The van der Waals surface area contributed by atoms with E-state index in [1.165, 1.54) is 0 Å². The molecule has 0 radical (unpaired) electrons. The van der Waals surface area contributed by atoms with Gasteiger partial charge in [-0.3, -0.25) is 4.79 Å². The number of nitrogens with two attached hydrogens (primary N) is 1. The van der Waals surface area contributed by atoms with Gasteiger partial charge in [0.05, 0.1) is 0 Å². The summed E-state index contributed by atoms with van der Waals surface area (Å²) < 4.78 is 0. The zero-order valence-corrected chi connectivity index (χ0v) is 8.93. The molecule has 1 fully saturated rings. The van der Waals surface area contributed by atoms with Crippen LogP contribution in [0.25, 0.3) is 0 Å². The fourth-order valence-corrected chi connectivity index (χ4v) is 2.75. The van der Waals surface area contributed by atoms with Crippen LogP contribution >= 0.6 is 11.3 Å². The van der Waals surface area contributed by atoms with E-state index >= 15 is 0 Å². The fraction of sp³-hybridized carbons (Fsp3) is 0.545. The van der Waals surface area contributed by atoms with E-state index < -0.39 is 0 Å². The van der Waals surface area contributed by atoms with Crippen molar-refractivity contribution >= 4 is 17.1 Å². The van der Waals surface area contributed by atoms with Crippen molar-refractivity contribution in [1.29, 1.82) is 0 Å². The van der Waals surface area contributed by atoms with Gasteiger partial charge in [-0.15, -0.1) is 0 Å². The first-order valence-electron chi connectivity index (χ1n) is 5.09. The van der Waals surface area contributed by atoms with Crippen molar-refractivity contribution in [2.75, 3.05) is 0 Å². The summed E-state index contributed by atoms with van der Waals surface area (Å²) in [4.78, 5) is 12.0. The molecular formula is C11H15NOS. The Labute approximate surface area is 88.1 Å². The molecule has 2 rings (SSSR count). The van der Waals surface area contributed by atoms with E-state index in [2.05, 4.69) is 0 Å². The molecule has 0 aromatic carbocycles. The monoisotopic (exact) mass is 209 g/mol. The van der Waals surface area contributed by atoms with E-state index in [1.54, 1.807) is 11.3 Å². The van der Waals surface area contributed by atoms with Gasteiger partial charge in [-0.25, -0.2) is 0 Å². The highest BCUT2D eigenvalue weighted by Gasteiger charge is 2.26. The predicted octanol–water partition coefficient (Wildman–Crippen LogP) is 2.45. The van der Waals surface area contributed by atoms with Crippen LogP contribution in [0.5, 0.6) is 0 Å². The van der Waals surface area contributed by atoms with Gasteiger partial charge in [-0.1, -0.05) is 6.42 Å². The van der Waals surface area contributed by atoms with Crippen molar-refractivity contribution in [3.05, 3.63) is 22.4 Å². The van der Waals surface area contributed by atoms with Gasteiger partial charge in [0.2, 0.25) is 0 Å². The molecular weight excluding hydrogens is 194 g/mol. The highest BCUT2D eigenvalue weighted by molar-refractivity contribution is 7.08. The maximum atomic E-state index is 12.0. The number of carbonyl (C=O) groups is 1. The summed E-state index contributed by atoms with van der Waals surface area (Å²) in [6.07, 6.45) is 4.06. The summed E-state index contributed by atoms with van der Waals surface area (Å²) in [6.45, 7) is 0. The summed E-state index contributed by atoms with van der Waals surface area (Å²) in [5, 5.41) is 3.89. The molecule has 0 bridgehead atoms. The Morgan fingerprint density at radius 3 is 3.00 bits per heavy atom. The number of ketones is 1. The number of hydrogen-bond acceptors (Lipinski definition) is 3. The molecule has 2 nitrogen and oxygen atoms in total. The molecule has 14 heavy (non-hydrogen) atoms. The first-order chi connectivity index (χ1) is 6.77. The minimum Gasteiger partial charge on any atom is -0.328 e. The first kappa shape index (κ1) is 9.87. The average Bonchev–Trinajstić information content (AvgIpc) is 2.69. The second kappa shape index (κ2) is 4.24. The molecule has 1 aliphatic carbocycles. The number of hydrogen-bond donors (Lipinski definition) is 1. The van der Waals surface area contributed by atoms with Crippen LogP contribution in [0.15, 0.2) is 16.8 Å². The molecule has 3 heteroatoms. The molecule has 1 heterocycles. The number of rotatable bonds is 2. The Balaban J connectivity index is 2.04. The van der Waals surface area contributed by atoms with E-state index in [-0.39, 0.29) is 12.0 Å². The third-order valence-electron chi connectivity index (χ3n) is 2.89. The molecule has 0 spiro atoms. The van der Waals surface area contributed by atoms with Crippen LogP contribution in [0.3, 0.4) is 0 Å². The maximum absolute atomic E-state index is 12.0. The van der Waals surface area contributed by atoms with Crippen molar-refractivity contribution in [2.24, 2.45) is 11.7 Å². The van der Waals surface area contributed by atoms with E-state index in [0.717, 1.165) is 31.2 Å². The lowest BCUT2D eigenvalue weighted by Gasteiger charge is -2.25. The van der Waals surface area contributed by atoms with Gasteiger partial charge in [0.25, 0.3) is 0 Å². The Kier molecular flexibility index (Phi) is 2.99. The minimum atomic E-state index is 0.174. The number of carbonyl (C=O) groups excluding carboxylic acids is 1. The smallest absolute Gasteiger partial charge is 0.166 e. The lowest BCUT2D eigenvalue weighted by atomic mass is 9.82. The number of Topliss-reactive ketones (excluding diaryl/α,β-unsaturated/α-hetero) is 1. The maximum Gasteiger partial charge on any atom is 0.166 e. The highest BCUT2D eigenvalue weighted by Crippen LogP contribution is 2.26. The molecule has 0 saturated heterocycles. The highest BCUT2D eigenvalue weighted by atomic mass is 32.1. The van der Waals surface area contributed by atoms with Crippen molar-refractivity contribution in [3.63, 3.8) is 0 Å². The van der Waals surface area contributed by atoms with Gasteiger partial charge in [-0.2, -0.15) is 11.3 Å². The fourth-order valence-electron chi connectivity index (χ4n) is 2.11. The van der Waals surface area contributed by atoms with Gasteiger partial charge >= 0.3 is 0 Å². The van der Waals surface area contributed by atoms with Gasteiger partial charge in [0.1, 0.15) is 0 Å². The Morgan fingerprint density at radius 2 is 2.36 bits per heavy atom. The van der Waals surface area contributed by atoms with Gasteiger partial charge in [0, 0.05) is 22.9 Å². The van der Waals surface area contributed by atoms with Crippen LogP contribution in [0.1, 0.15) is 36.0 Å². The topological polar surface area (TPSA) is 43.1 Å². The van der Waals surface area contributed by atoms with Crippen molar-refractivity contribution < 1.29 is 4.79 Å². The summed E-state index contributed by atoms with van der Waals surface area (Å²) in [6, 6.07) is 2.14. The zero-order valence-electron chi connectivity index (χ0n) is 8.11. The average molecular weight is 209 g/mol. The zero-order chi connectivity index (χ0) is 9.97. The third kappa shape index (κ3) is 2.04. The van der Waals surface area contributed by atoms with E-state index in [9.17, 15) is 4.79 Å². The summed E-state index contributed by atoms with van der Waals surface area (Å²) in [5.41, 5.74) is 6.74. The van der Waals surface area contributed by atoms with Gasteiger partial charge in [0.15, 0.2) is 5.78 Å². The summed E-state index contributed by atoms with van der Waals surface area (Å²) in [5.74, 6) is 0.467. The lowest BCUT2D eigenvalue weighted by molar-refractivity contribution is 0.0882. The molecule has 2 unspecified atom stereocenters. The standard InChI is InChI=1S/C11H15NOS/c12-10-3-1-2-8(6-10)11(13)9-4-5-14-7-9/h4-5,7-8,10H,1-3,6,12H2. The molecule has 1 aliphatic rings. The molecule has 76 valence electrons. The van der Waals surface area contributed by atoms with Crippen LogP contribution in [0.4, 0.5) is 0 Å². The molecule has 0 aliphatic heterocycles. The van der Waals surface area contributed by atoms with Crippen LogP contribution in [-0.4, -0.2) is 11.8 Å². The van der Waals surface area contributed by atoms with Crippen LogP contribution < -0.4 is 5.73 Å². The van der Waals surface area contributed by atoms with E-state index in [4.69, 9.17) is 5.73 Å². The Hall–Kier alpha value is -0.670. The van der Waals surface area contributed by atoms with E-state index in [1.807, 2.05) is 16.8 Å². The van der Waals surface area contributed by atoms with Gasteiger partial charge in [-0.05, 0) is 30.7 Å². The van der Waals surface area contributed by atoms with Gasteiger partial charge < -0.3 is 5.73 Å². The molecule has 1 saturated carbocycles. The van der Waals surface area contributed by atoms with E-state index in [0.29, 0.717) is 5.78 Å². The third-order valence-corrected chi connectivity index (χ3v) is 3.57. The predicted molar refractivity (Wildman–Crippen MR) is 58.6 cm³/mol. The number of thiophene rings is 1. The van der Waals surface area contributed by atoms with Crippen LogP contribution in [0.2, 0.25) is 0 Å². The normalized spacial score (nSPS) is 27.5. The molecule has 2 atom stereocenters. The summed E-state index contributed by atoms with van der Waals surface area (Å²) in [7, 11) is 0. The Bertz CT molecular complexity index is 307. The quantitative estimate of drug-likeness (QED) is 0.760. The lowest BCUT2D eigenvalue weighted by Crippen LogP contribution is -2.31. The summed E-state index contributed by atoms with van der Waals surface area (Å²) >= 11 is 1.58. The van der Waals surface area contributed by atoms with Crippen molar-refractivity contribution in [3.8, 4) is 0 Å². The Morgan fingerprint density at radius 1 is 1.50 bits per heavy atom. The second-order valence-corrected chi connectivity index (χ2v) is 4.78. The van der Waals surface area contributed by atoms with Crippen molar-refractivity contribution in [2.45, 2.75) is 31.7 Å². The molecule has 2 N–H and O–H groups in total. The van der Waals surface area contributed by atoms with Crippen LogP contribution in [0, 0.1) is 5.92 Å². The molecule has 1 aromatic heterocycles. The molecule has 1 aromatic rings. The van der Waals surface area contributed by atoms with Crippen molar-refractivity contribution in [1.82, 2.24) is 0 Å². The minimum absolute atomic E-state index is 0.174.